The lowest BCUT2D eigenvalue weighted by molar-refractivity contribution is 0.590. The van der Waals surface area contributed by atoms with Crippen LogP contribution in [0.2, 0.25) is 0 Å². The molecule has 4 heterocycles. The number of pyridine rings is 2. The van der Waals surface area contributed by atoms with Crippen LogP contribution in [0.5, 0.6) is 0 Å². The Hall–Kier alpha value is -3.28. The van der Waals surface area contributed by atoms with Gasteiger partial charge < -0.3 is 0 Å². The van der Waals surface area contributed by atoms with Crippen molar-refractivity contribution in [2.45, 2.75) is 85.5 Å². The van der Waals surface area contributed by atoms with Crippen molar-refractivity contribution in [2.24, 2.45) is 0 Å². The predicted molar refractivity (Wildman–Crippen MR) is 142 cm³/mol. The van der Waals surface area contributed by atoms with Crippen molar-refractivity contribution in [1.29, 1.82) is 0 Å². The van der Waals surface area contributed by atoms with E-state index in [4.69, 9.17) is 9.97 Å². The van der Waals surface area contributed by atoms with Crippen LogP contribution >= 0.6 is 0 Å². The molecule has 2 unspecified atom stereocenters. The zero-order valence-corrected chi connectivity index (χ0v) is 22.4. The molecule has 35 heavy (non-hydrogen) atoms. The third-order valence-corrected chi connectivity index (χ3v) is 7.49. The van der Waals surface area contributed by atoms with Crippen molar-refractivity contribution >= 4 is 0 Å². The maximum atomic E-state index is 5.07. The SMILES string of the molecule is CCC(C)c1ncn(-c2cccc(C(C)(C)c3cccc(-n4cnc(C(C)CC)c4C)n3)n2)c1C. The van der Waals surface area contributed by atoms with E-state index in [1.54, 1.807) is 0 Å². The van der Waals surface area contributed by atoms with Crippen molar-refractivity contribution in [3.8, 4) is 11.6 Å². The summed E-state index contributed by atoms with van der Waals surface area (Å²) in [6, 6.07) is 12.4. The summed E-state index contributed by atoms with van der Waals surface area (Å²) in [6.07, 6.45) is 5.92. The molecular weight excluding hydrogens is 432 g/mol. The highest BCUT2D eigenvalue weighted by Gasteiger charge is 2.28. The van der Waals surface area contributed by atoms with E-state index in [1.807, 2.05) is 24.8 Å². The lowest BCUT2D eigenvalue weighted by Crippen LogP contribution is -2.23. The van der Waals surface area contributed by atoms with Gasteiger partial charge in [-0.1, -0.05) is 39.8 Å². The summed E-state index contributed by atoms with van der Waals surface area (Å²) in [5, 5.41) is 0. The van der Waals surface area contributed by atoms with Gasteiger partial charge >= 0.3 is 0 Å². The van der Waals surface area contributed by atoms with E-state index >= 15 is 0 Å². The number of rotatable bonds is 8. The molecule has 0 bridgehead atoms. The molecule has 4 aromatic heterocycles. The van der Waals surface area contributed by atoms with Gasteiger partial charge in [-0.2, -0.15) is 0 Å². The van der Waals surface area contributed by atoms with Crippen LogP contribution in [0.1, 0.15) is 100 Å². The predicted octanol–water partition coefficient (Wildman–Crippen LogP) is 6.82. The molecule has 0 saturated carbocycles. The van der Waals surface area contributed by atoms with E-state index in [0.29, 0.717) is 11.8 Å². The Kier molecular flexibility index (Phi) is 6.93. The van der Waals surface area contributed by atoms with Gasteiger partial charge in [0.1, 0.15) is 24.3 Å². The highest BCUT2D eigenvalue weighted by Crippen LogP contribution is 2.31. The van der Waals surface area contributed by atoms with Crippen LogP contribution < -0.4 is 0 Å². The van der Waals surface area contributed by atoms with Gasteiger partial charge in [0.2, 0.25) is 0 Å². The second kappa shape index (κ2) is 9.76. The van der Waals surface area contributed by atoms with Gasteiger partial charge in [-0.05, 0) is 76.6 Å². The molecule has 0 aliphatic carbocycles. The minimum atomic E-state index is -0.381. The van der Waals surface area contributed by atoms with Gasteiger partial charge in [-0.15, -0.1) is 0 Å². The third-order valence-electron chi connectivity index (χ3n) is 7.49. The molecule has 4 rings (SSSR count). The van der Waals surface area contributed by atoms with Crippen LogP contribution in [-0.4, -0.2) is 29.1 Å². The fourth-order valence-electron chi connectivity index (χ4n) is 4.61. The van der Waals surface area contributed by atoms with Crippen LogP contribution in [0.15, 0.2) is 49.1 Å². The molecule has 0 radical (unpaired) electrons. The van der Waals surface area contributed by atoms with Crippen molar-refractivity contribution in [2.75, 3.05) is 0 Å². The number of hydrogen-bond acceptors (Lipinski definition) is 4. The van der Waals surface area contributed by atoms with Crippen LogP contribution in [0.4, 0.5) is 0 Å². The molecule has 0 fully saturated rings. The molecule has 0 spiro atoms. The molecule has 184 valence electrons. The van der Waals surface area contributed by atoms with Crippen LogP contribution in [0.3, 0.4) is 0 Å². The number of aromatic nitrogens is 6. The summed E-state index contributed by atoms with van der Waals surface area (Å²) >= 11 is 0. The third kappa shape index (κ3) is 4.54. The van der Waals surface area contributed by atoms with Gasteiger partial charge in [-0.3, -0.25) is 9.13 Å². The second-order valence-electron chi connectivity index (χ2n) is 10.2. The monoisotopic (exact) mass is 470 g/mol. The molecule has 0 aliphatic heterocycles. The molecule has 0 aliphatic rings. The topological polar surface area (TPSA) is 61.4 Å². The van der Waals surface area contributed by atoms with Crippen molar-refractivity contribution in [3.05, 3.63) is 83.2 Å². The van der Waals surface area contributed by atoms with E-state index < -0.39 is 0 Å². The largest absolute Gasteiger partial charge is 0.287 e. The average molecular weight is 471 g/mol. The Morgan fingerprint density at radius 1 is 0.714 bits per heavy atom. The number of imidazole rings is 2. The molecule has 0 saturated heterocycles. The van der Waals surface area contributed by atoms with Gasteiger partial charge in [0, 0.05) is 16.8 Å². The zero-order valence-electron chi connectivity index (χ0n) is 22.4. The highest BCUT2D eigenvalue weighted by atomic mass is 15.1. The summed E-state index contributed by atoms with van der Waals surface area (Å²) in [6.45, 7) is 17.5. The maximum Gasteiger partial charge on any atom is 0.138 e. The minimum absolute atomic E-state index is 0.381. The lowest BCUT2D eigenvalue weighted by atomic mass is 9.84. The molecule has 6 heteroatoms. The lowest BCUT2D eigenvalue weighted by Gasteiger charge is -2.25. The van der Waals surface area contributed by atoms with E-state index in [-0.39, 0.29) is 5.41 Å². The molecule has 2 atom stereocenters. The molecule has 0 amide bonds. The van der Waals surface area contributed by atoms with E-state index in [1.165, 1.54) is 0 Å². The van der Waals surface area contributed by atoms with Gasteiger partial charge in [-0.25, -0.2) is 19.9 Å². The summed E-state index contributed by atoms with van der Waals surface area (Å²) < 4.78 is 4.19. The Balaban J connectivity index is 1.70. The van der Waals surface area contributed by atoms with Gasteiger partial charge in [0.15, 0.2) is 0 Å². The Morgan fingerprint density at radius 3 is 1.49 bits per heavy atom. The molecule has 0 aromatic carbocycles. The quantitative estimate of drug-likeness (QED) is 0.283. The molecule has 4 aromatic rings. The Labute approximate surface area is 209 Å². The fourth-order valence-corrected chi connectivity index (χ4v) is 4.61. The highest BCUT2D eigenvalue weighted by molar-refractivity contribution is 5.38. The van der Waals surface area contributed by atoms with Crippen molar-refractivity contribution < 1.29 is 0 Å². The van der Waals surface area contributed by atoms with Crippen LogP contribution in [0.25, 0.3) is 11.6 Å². The number of hydrogen-bond donors (Lipinski definition) is 0. The smallest absolute Gasteiger partial charge is 0.138 e. The first-order valence-corrected chi connectivity index (χ1v) is 12.7. The van der Waals surface area contributed by atoms with Crippen LogP contribution in [-0.2, 0) is 5.41 Å². The first kappa shape index (κ1) is 24.8. The standard InChI is InChI=1S/C29H38N6/c1-9-19(3)27-21(5)34(17-30-27)25-15-11-13-23(32-25)29(7,8)24-14-12-16-26(33-24)35-18-31-28(22(35)6)20(4)10-2/h11-20H,9-10H2,1-8H3. The first-order chi connectivity index (χ1) is 16.7. The summed E-state index contributed by atoms with van der Waals surface area (Å²) in [5.74, 6) is 2.62. The summed E-state index contributed by atoms with van der Waals surface area (Å²) in [7, 11) is 0. The molecular formula is C29H38N6. The van der Waals surface area contributed by atoms with Crippen LogP contribution in [0, 0.1) is 13.8 Å². The Morgan fingerprint density at radius 2 is 1.11 bits per heavy atom. The normalized spacial score (nSPS) is 13.7. The second-order valence-corrected chi connectivity index (χ2v) is 10.2. The van der Waals surface area contributed by atoms with E-state index in [0.717, 1.165) is 58.6 Å². The average Bonchev–Trinajstić information content (AvgIpc) is 3.45. The maximum absolute atomic E-state index is 5.07. The molecule has 6 nitrogen and oxygen atoms in total. The minimum Gasteiger partial charge on any atom is -0.287 e. The first-order valence-electron chi connectivity index (χ1n) is 12.7. The van der Waals surface area contributed by atoms with Gasteiger partial charge in [0.25, 0.3) is 0 Å². The van der Waals surface area contributed by atoms with E-state index in [2.05, 4.69) is 98.8 Å². The fraction of sp³-hybridized carbons (Fsp3) is 0.448. The van der Waals surface area contributed by atoms with Crippen molar-refractivity contribution in [1.82, 2.24) is 29.1 Å². The van der Waals surface area contributed by atoms with E-state index in [9.17, 15) is 0 Å². The Bertz CT molecular complexity index is 1210. The summed E-state index contributed by atoms with van der Waals surface area (Å²) in [4.78, 5) is 19.5. The summed E-state index contributed by atoms with van der Waals surface area (Å²) in [5.41, 5.74) is 6.14. The number of nitrogens with zero attached hydrogens (tertiary/aromatic N) is 6. The van der Waals surface area contributed by atoms with Gasteiger partial charge in [0.05, 0.1) is 22.8 Å². The zero-order chi connectivity index (χ0) is 25.3. The molecule has 0 N–H and O–H groups in total. The van der Waals surface area contributed by atoms with Crippen molar-refractivity contribution in [3.63, 3.8) is 0 Å².